The van der Waals surface area contributed by atoms with E-state index >= 15 is 0 Å². The third-order valence-electron chi connectivity index (χ3n) is 2.39. The fourth-order valence-corrected chi connectivity index (χ4v) is 1.53. The van der Waals surface area contributed by atoms with Gasteiger partial charge in [-0.2, -0.15) is 5.10 Å². The van der Waals surface area contributed by atoms with Gasteiger partial charge in [-0.3, -0.25) is 10.00 Å². The van der Waals surface area contributed by atoms with E-state index in [0.717, 1.165) is 17.0 Å². The molecule has 90 valence electrons. The molecule has 2 heterocycles. The zero-order valence-corrected chi connectivity index (χ0v) is 9.47. The lowest BCUT2D eigenvalue weighted by molar-refractivity contribution is 0.209. The van der Waals surface area contributed by atoms with Crippen molar-refractivity contribution in [3.63, 3.8) is 0 Å². The van der Waals surface area contributed by atoms with Gasteiger partial charge in [0.1, 0.15) is 5.76 Å². The lowest BCUT2D eigenvalue weighted by Crippen LogP contribution is -2.06. The smallest absolute Gasteiger partial charge is 0.409 e. The molecule has 0 fully saturated rings. The fourth-order valence-electron chi connectivity index (χ4n) is 1.53. The van der Waals surface area contributed by atoms with Crippen LogP contribution in [0.5, 0.6) is 0 Å². The first-order valence-corrected chi connectivity index (χ1v) is 5.00. The summed E-state index contributed by atoms with van der Waals surface area (Å²) in [7, 11) is 0. The molecule has 0 aliphatic heterocycles. The number of amides is 1. The fraction of sp³-hybridized carbons (Fsp3) is 0.300. The zero-order chi connectivity index (χ0) is 12.4. The average Bonchev–Trinajstić information content (AvgIpc) is 2.79. The number of hydrogen-bond acceptors (Lipinski definition) is 4. The minimum Gasteiger partial charge on any atom is -0.465 e. The molecule has 0 spiro atoms. The van der Waals surface area contributed by atoms with E-state index in [1.165, 1.54) is 6.20 Å². The molecular formula is C10H12N4O3. The number of aromatic nitrogens is 3. The summed E-state index contributed by atoms with van der Waals surface area (Å²) in [6.45, 7) is 4.18. The summed E-state index contributed by atoms with van der Waals surface area (Å²) in [5, 5.41) is 18.7. The summed E-state index contributed by atoms with van der Waals surface area (Å²) in [5.41, 5.74) is 2.20. The molecule has 0 saturated heterocycles. The van der Waals surface area contributed by atoms with Crippen LogP contribution in [0.2, 0.25) is 0 Å². The van der Waals surface area contributed by atoms with E-state index in [1.54, 1.807) is 10.9 Å². The highest BCUT2D eigenvalue weighted by molar-refractivity contribution is 5.82. The van der Waals surface area contributed by atoms with Crippen LogP contribution < -0.4 is 5.32 Å². The van der Waals surface area contributed by atoms with Gasteiger partial charge in [0.15, 0.2) is 0 Å². The Morgan fingerprint density at radius 2 is 2.35 bits per heavy atom. The van der Waals surface area contributed by atoms with Crippen LogP contribution >= 0.6 is 0 Å². The van der Waals surface area contributed by atoms with Crippen molar-refractivity contribution in [3.05, 3.63) is 29.4 Å². The zero-order valence-electron chi connectivity index (χ0n) is 9.47. The van der Waals surface area contributed by atoms with Crippen LogP contribution in [0.4, 0.5) is 10.5 Å². The van der Waals surface area contributed by atoms with Crippen LogP contribution in [0.1, 0.15) is 17.0 Å². The van der Waals surface area contributed by atoms with Crippen LogP contribution in [-0.4, -0.2) is 26.1 Å². The second kappa shape index (κ2) is 4.28. The summed E-state index contributed by atoms with van der Waals surface area (Å²) < 4.78 is 6.66. The van der Waals surface area contributed by atoms with Crippen molar-refractivity contribution < 1.29 is 14.4 Å². The monoisotopic (exact) mass is 236 g/mol. The van der Waals surface area contributed by atoms with E-state index in [0.29, 0.717) is 12.2 Å². The van der Waals surface area contributed by atoms with E-state index in [2.05, 4.69) is 15.6 Å². The maximum Gasteiger partial charge on any atom is 0.409 e. The molecule has 2 aromatic heterocycles. The molecule has 1 amide bonds. The molecule has 0 aliphatic carbocycles. The van der Waals surface area contributed by atoms with Crippen molar-refractivity contribution in [2.75, 3.05) is 5.32 Å². The second-order valence-corrected chi connectivity index (χ2v) is 3.66. The molecule has 0 bridgehead atoms. The molecule has 2 N–H and O–H groups in total. The normalized spacial score (nSPS) is 10.5. The van der Waals surface area contributed by atoms with Crippen LogP contribution in [0.25, 0.3) is 0 Å². The Labute approximate surface area is 97.0 Å². The van der Waals surface area contributed by atoms with Crippen LogP contribution in [0.3, 0.4) is 0 Å². The third kappa shape index (κ3) is 2.44. The number of nitrogens with one attached hydrogen (secondary N) is 1. The Balaban J connectivity index is 2.14. The minimum absolute atomic E-state index is 0.435. The predicted molar refractivity (Wildman–Crippen MR) is 59.0 cm³/mol. The first kappa shape index (κ1) is 11.2. The summed E-state index contributed by atoms with van der Waals surface area (Å²) in [6.07, 6.45) is 1.95. The van der Waals surface area contributed by atoms with Gasteiger partial charge in [0, 0.05) is 11.8 Å². The molecule has 2 rings (SSSR count). The first-order valence-electron chi connectivity index (χ1n) is 5.00. The largest absolute Gasteiger partial charge is 0.465 e. The van der Waals surface area contributed by atoms with E-state index in [-0.39, 0.29) is 0 Å². The Bertz CT molecular complexity index is 524. The lowest BCUT2D eigenvalue weighted by atomic mass is 10.2. The molecule has 7 nitrogen and oxygen atoms in total. The first-order chi connectivity index (χ1) is 8.06. The highest BCUT2D eigenvalue weighted by Gasteiger charge is 2.10. The summed E-state index contributed by atoms with van der Waals surface area (Å²) in [5.74, 6) is 0.741. The topological polar surface area (TPSA) is 93.2 Å². The number of hydrogen-bond donors (Lipinski definition) is 2. The standard InChI is InChI=1S/C10H12N4O3/c1-6-9(7(2)17-13-6)5-14-4-8(3-11-14)12-10(15)16/h3-4,12H,5H2,1-2H3,(H,15,16). The molecule has 0 radical (unpaired) electrons. The molecule has 17 heavy (non-hydrogen) atoms. The van der Waals surface area contributed by atoms with Crippen LogP contribution in [0, 0.1) is 13.8 Å². The number of anilines is 1. The number of rotatable bonds is 3. The van der Waals surface area contributed by atoms with Gasteiger partial charge in [0.2, 0.25) is 0 Å². The van der Waals surface area contributed by atoms with E-state index in [1.807, 2.05) is 13.8 Å². The van der Waals surface area contributed by atoms with E-state index in [9.17, 15) is 4.79 Å². The molecule has 7 heteroatoms. The maximum absolute atomic E-state index is 10.4. The summed E-state index contributed by atoms with van der Waals surface area (Å²) in [6, 6.07) is 0. The Morgan fingerprint density at radius 3 is 2.94 bits per heavy atom. The molecule has 0 aromatic carbocycles. The molecule has 2 aromatic rings. The number of carbonyl (C=O) groups is 1. The highest BCUT2D eigenvalue weighted by Crippen LogP contribution is 2.14. The maximum atomic E-state index is 10.4. The molecule has 0 saturated carbocycles. The summed E-state index contributed by atoms with van der Waals surface area (Å²) >= 11 is 0. The average molecular weight is 236 g/mol. The van der Waals surface area contributed by atoms with Crippen molar-refractivity contribution in [1.29, 1.82) is 0 Å². The quantitative estimate of drug-likeness (QED) is 0.844. The second-order valence-electron chi connectivity index (χ2n) is 3.66. The third-order valence-corrected chi connectivity index (χ3v) is 2.39. The molecule has 0 atom stereocenters. The predicted octanol–water partition coefficient (Wildman–Crippen LogP) is 1.63. The minimum atomic E-state index is -1.11. The van der Waals surface area contributed by atoms with Gasteiger partial charge in [-0.15, -0.1) is 0 Å². The van der Waals surface area contributed by atoms with Crippen molar-refractivity contribution in [2.45, 2.75) is 20.4 Å². The van der Waals surface area contributed by atoms with Gasteiger partial charge in [-0.05, 0) is 13.8 Å². The van der Waals surface area contributed by atoms with Gasteiger partial charge in [0.25, 0.3) is 0 Å². The van der Waals surface area contributed by atoms with Crippen LogP contribution in [0.15, 0.2) is 16.9 Å². The number of carboxylic acid groups (broad SMARTS) is 1. The Morgan fingerprint density at radius 1 is 1.59 bits per heavy atom. The number of nitrogens with zero attached hydrogens (tertiary/aromatic N) is 3. The Kier molecular flexibility index (Phi) is 2.82. The van der Waals surface area contributed by atoms with E-state index in [4.69, 9.17) is 9.63 Å². The van der Waals surface area contributed by atoms with Crippen molar-refractivity contribution in [2.24, 2.45) is 0 Å². The van der Waals surface area contributed by atoms with Crippen molar-refractivity contribution in [3.8, 4) is 0 Å². The lowest BCUT2D eigenvalue weighted by Gasteiger charge is -2.00. The summed E-state index contributed by atoms with van der Waals surface area (Å²) in [4.78, 5) is 10.4. The molecular weight excluding hydrogens is 224 g/mol. The molecule has 0 aliphatic rings. The van der Waals surface area contributed by atoms with Gasteiger partial charge in [-0.25, -0.2) is 4.79 Å². The van der Waals surface area contributed by atoms with Gasteiger partial charge in [-0.1, -0.05) is 5.16 Å². The number of aryl methyl sites for hydroxylation is 2. The SMILES string of the molecule is Cc1noc(C)c1Cn1cc(NC(=O)O)cn1. The highest BCUT2D eigenvalue weighted by atomic mass is 16.5. The van der Waals surface area contributed by atoms with Gasteiger partial charge >= 0.3 is 6.09 Å². The van der Waals surface area contributed by atoms with E-state index < -0.39 is 6.09 Å². The van der Waals surface area contributed by atoms with Crippen molar-refractivity contribution >= 4 is 11.8 Å². The van der Waals surface area contributed by atoms with Crippen LogP contribution in [-0.2, 0) is 6.54 Å². The van der Waals surface area contributed by atoms with Crippen molar-refractivity contribution in [1.82, 2.24) is 14.9 Å². The van der Waals surface area contributed by atoms with Gasteiger partial charge in [0.05, 0.1) is 24.1 Å². The Hall–Kier alpha value is -2.31. The van der Waals surface area contributed by atoms with Gasteiger partial charge < -0.3 is 9.63 Å². The molecule has 0 unspecified atom stereocenters.